The number of anilines is 3. The molecule has 0 aromatic heterocycles. The van der Waals surface area contributed by atoms with Crippen molar-refractivity contribution in [3.63, 3.8) is 0 Å². The summed E-state index contributed by atoms with van der Waals surface area (Å²) in [6.45, 7) is 0. The fraction of sp³-hybridized carbons (Fsp3) is 0.200. The lowest BCUT2D eigenvalue weighted by molar-refractivity contribution is 0.396. The molecular weight excluding hydrogens is 292 g/mol. The van der Waals surface area contributed by atoms with E-state index >= 15 is 0 Å². The van der Waals surface area contributed by atoms with Gasteiger partial charge in [-0.3, -0.25) is 0 Å². The first kappa shape index (κ1) is 15.1. The summed E-state index contributed by atoms with van der Waals surface area (Å²) in [6.07, 6.45) is 0. The average molecular weight is 309 g/mol. The summed E-state index contributed by atoms with van der Waals surface area (Å²) in [5.41, 5.74) is 7.97. The minimum atomic E-state index is 0.480. The van der Waals surface area contributed by atoms with Crippen LogP contribution in [0.25, 0.3) is 0 Å². The summed E-state index contributed by atoms with van der Waals surface area (Å²) in [7, 11) is 4.72. The Bertz CT molecular complexity index is 647. The average Bonchev–Trinajstić information content (AvgIpc) is 2.49. The van der Waals surface area contributed by atoms with Crippen molar-refractivity contribution in [2.75, 3.05) is 32.4 Å². The maximum atomic E-state index is 6.14. The maximum Gasteiger partial charge on any atom is 0.146 e. The van der Waals surface area contributed by atoms with E-state index in [1.54, 1.807) is 39.5 Å². The van der Waals surface area contributed by atoms with Crippen LogP contribution >= 0.6 is 11.6 Å². The number of nitrogen functional groups attached to an aromatic ring is 1. The van der Waals surface area contributed by atoms with Crippen molar-refractivity contribution < 1.29 is 14.2 Å². The minimum Gasteiger partial charge on any atom is -0.497 e. The van der Waals surface area contributed by atoms with Gasteiger partial charge in [0.05, 0.1) is 43.4 Å². The van der Waals surface area contributed by atoms with E-state index in [1.165, 1.54) is 0 Å². The van der Waals surface area contributed by atoms with E-state index in [-0.39, 0.29) is 0 Å². The molecule has 2 aromatic rings. The lowest BCUT2D eigenvalue weighted by Crippen LogP contribution is -1.99. The Balaban J connectivity index is 2.37. The van der Waals surface area contributed by atoms with Gasteiger partial charge in [-0.2, -0.15) is 0 Å². The topological polar surface area (TPSA) is 65.7 Å². The normalized spacial score (nSPS) is 10.1. The molecule has 3 N–H and O–H groups in total. The monoisotopic (exact) mass is 308 g/mol. The third kappa shape index (κ3) is 3.25. The van der Waals surface area contributed by atoms with Gasteiger partial charge in [-0.15, -0.1) is 0 Å². The predicted molar refractivity (Wildman–Crippen MR) is 85.2 cm³/mol. The fourth-order valence-corrected chi connectivity index (χ4v) is 2.13. The predicted octanol–water partition coefficient (Wildman–Crippen LogP) is 3.69. The van der Waals surface area contributed by atoms with E-state index < -0.39 is 0 Å². The van der Waals surface area contributed by atoms with Crippen molar-refractivity contribution in [3.05, 3.63) is 35.4 Å². The number of nitrogens with two attached hydrogens (primary N) is 1. The second kappa shape index (κ2) is 6.45. The zero-order valence-electron chi connectivity index (χ0n) is 12.1. The molecule has 0 aliphatic rings. The molecule has 0 radical (unpaired) electrons. The molecule has 2 aromatic carbocycles. The highest BCUT2D eigenvalue weighted by atomic mass is 35.5. The van der Waals surface area contributed by atoms with Crippen molar-refractivity contribution >= 4 is 28.7 Å². The molecule has 2 rings (SSSR count). The molecule has 0 amide bonds. The van der Waals surface area contributed by atoms with Crippen LogP contribution in [-0.4, -0.2) is 21.3 Å². The molecule has 0 saturated carbocycles. The van der Waals surface area contributed by atoms with Crippen LogP contribution in [0.15, 0.2) is 30.3 Å². The number of ether oxygens (including phenoxy) is 3. The van der Waals surface area contributed by atoms with E-state index in [0.717, 1.165) is 5.69 Å². The van der Waals surface area contributed by atoms with Crippen LogP contribution in [0.2, 0.25) is 5.02 Å². The molecule has 0 bridgehead atoms. The van der Waals surface area contributed by atoms with Crippen molar-refractivity contribution in [2.45, 2.75) is 0 Å². The molecular formula is C15H17ClN2O3. The van der Waals surface area contributed by atoms with Gasteiger partial charge in [0, 0.05) is 12.1 Å². The Hall–Kier alpha value is -2.27. The molecule has 0 fully saturated rings. The van der Waals surface area contributed by atoms with Crippen LogP contribution < -0.4 is 25.3 Å². The molecule has 0 spiro atoms. The molecule has 0 atom stereocenters. The Labute approximate surface area is 128 Å². The van der Waals surface area contributed by atoms with Gasteiger partial charge in [0.25, 0.3) is 0 Å². The lowest BCUT2D eigenvalue weighted by atomic mass is 10.2. The van der Waals surface area contributed by atoms with Crippen LogP contribution in [0.5, 0.6) is 17.2 Å². The van der Waals surface area contributed by atoms with Gasteiger partial charge in [0.2, 0.25) is 0 Å². The molecule has 5 nitrogen and oxygen atoms in total. The summed E-state index contributed by atoms with van der Waals surface area (Å²) in [5.74, 6) is 1.84. The maximum absolute atomic E-state index is 6.14. The van der Waals surface area contributed by atoms with Crippen molar-refractivity contribution in [3.8, 4) is 17.2 Å². The van der Waals surface area contributed by atoms with Gasteiger partial charge in [-0.25, -0.2) is 0 Å². The quantitative estimate of drug-likeness (QED) is 0.825. The minimum absolute atomic E-state index is 0.480. The van der Waals surface area contributed by atoms with Crippen molar-refractivity contribution in [1.29, 1.82) is 0 Å². The third-order valence-corrected chi connectivity index (χ3v) is 3.30. The molecule has 112 valence electrons. The standard InChI is InChI=1S/C15H17ClN2O3/c1-19-9-4-5-12(11(17)6-9)18-13-7-10(16)14(20-2)8-15(13)21-3/h4-8,18H,17H2,1-3H3. The number of nitrogens with one attached hydrogen (secondary N) is 1. The smallest absolute Gasteiger partial charge is 0.146 e. The number of benzene rings is 2. The zero-order chi connectivity index (χ0) is 15.4. The van der Waals surface area contributed by atoms with Gasteiger partial charge < -0.3 is 25.3 Å². The number of halogens is 1. The highest BCUT2D eigenvalue weighted by Gasteiger charge is 2.11. The van der Waals surface area contributed by atoms with Crippen LogP contribution in [0.3, 0.4) is 0 Å². The Kier molecular flexibility index (Phi) is 4.65. The van der Waals surface area contributed by atoms with Gasteiger partial charge in [-0.1, -0.05) is 11.6 Å². The molecule has 0 unspecified atom stereocenters. The molecule has 0 aliphatic heterocycles. The first-order chi connectivity index (χ1) is 10.1. The summed E-state index contributed by atoms with van der Waals surface area (Å²) in [6, 6.07) is 8.81. The Morgan fingerprint density at radius 2 is 1.62 bits per heavy atom. The van der Waals surface area contributed by atoms with E-state index in [0.29, 0.717) is 33.6 Å². The van der Waals surface area contributed by atoms with Crippen LogP contribution in [0.4, 0.5) is 17.1 Å². The highest BCUT2D eigenvalue weighted by molar-refractivity contribution is 6.32. The number of hydrogen-bond acceptors (Lipinski definition) is 5. The second-order valence-electron chi connectivity index (χ2n) is 4.27. The SMILES string of the molecule is COc1ccc(Nc2cc(Cl)c(OC)cc2OC)c(N)c1. The summed E-state index contributed by atoms with van der Waals surface area (Å²) in [4.78, 5) is 0. The molecule has 0 heterocycles. The molecule has 21 heavy (non-hydrogen) atoms. The van der Waals surface area contributed by atoms with Gasteiger partial charge >= 0.3 is 0 Å². The van der Waals surface area contributed by atoms with Crippen LogP contribution in [0, 0.1) is 0 Å². The van der Waals surface area contributed by atoms with E-state index in [2.05, 4.69) is 5.32 Å². The molecule has 6 heteroatoms. The number of methoxy groups -OCH3 is 3. The van der Waals surface area contributed by atoms with Crippen molar-refractivity contribution in [2.24, 2.45) is 0 Å². The molecule has 0 aliphatic carbocycles. The van der Waals surface area contributed by atoms with Gasteiger partial charge in [0.1, 0.15) is 17.2 Å². The fourth-order valence-electron chi connectivity index (χ4n) is 1.88. The summed E-state index contributed by atoms with van der Waals surface area (Å²) >= 11 is 6.14. The lowest BCUT2D eigenvalue weighted by Gasteiger charge is -2.15. The highest BCUT2D eigenvalue weighted by Crippen LogP contribution is 2.38. The van der Waals surface area contributed by atoms with E-state index in [4.69, 9.17) is 31.5 Å². The molecule has 0 saturated heterocycles. The van der Waals surface area contributed by atoms with Crippen LogP contribution in [-0.2, 0) is 0 Å². The van der Waals surface area contributed by atoms with Gasteiger partial charge in [-0.05, 0) is 18.2 Å². The summed E-state index contributed by atoms with van der Waals surface area (Å²) in [5, 5.41) is 3.67. The zero-order valence-corrected chi connectivity index (χ0v) is 12.8. The first-order valence-electron chi connectivity index (χ1n) is 6.21. The van der Waals surface area contributed by atoms with Gasteiger partial charge in [0.15, 0.2) is 0 Å². The number of hydrogen-bond donors (Lipinski definition) is 2. The number of rotatable bonds is 5. The Morgan fingerprint density at radius 3 is 2.19 bits per heavy atom. The van der Waals surface area contributed by atoms with E-state index in [9.17, 15) is 0 Å². The largest absolute Gasteiger partial charge is 0.497 e. The van der Waals surface area contributed by atoms with E-state index in [1.807, 2.05) is 12.1 Å². The first-order valence-corrected chi connectivity index (χ1v) is 6.59. The second-order valence-corrected chi connectivity index (χ2v) is 4.67. The Morgan fingerprint density at radius 1 is 0.905 bits per heavy atom. The van der Waals surface area contributed by atoms with Crippen molar-refractivity contribution in [1.82, 2.24) is 0 Å². The van der Waals surface area contributed by atoms with Crippen LogP contribution in [0.1, 0.15) is 0 Å². The third-order valence-electron chi connectivity index (χ3n) is 3.00. The summed E-state index contributed by atoms with van der Waals surface area (Å²) < 4.78 is 15.6.